The van der Waals surface area contributed by atoms with Gasteiger partial charge in [0.05, 0.1) is 7.11 Å². The van der Waals surface area contributed by atoms with Crippen molar-refractivity contribution in [1.82, 2.24) is 0 Å². The van der Waals surface area contributed by atoms with Gasteiger partial charge >= 0.3 is 0 Å². The van der Waals surface area contributed by atoms with Crippen molar-refractivity contribution in [2.24, 2.45) is 0 Å². The maximum absolute atomic E-state index is 9.71. The van der Waals surface area contributed by atoms with Crippen LogP contribution in [0.15, 0.2) is 78.9 Å². The van der Waals surface area contributed by atoms with Crippen LogP contribution < -0.4 is 4.74 Å². The lowest BCUT2D eigenvalue weighted by Gasteiger charge is -2.16. The van der Waals surface area contributed by atoms with E-state index in [1.54, 1.807) is 19.2 Å². The van der Waals surface area contributed by atoms with Crippen LogP contribution in [0.2, 0.25) is 0 Å². The molecule has 1 unspecified atom stereocenters. The van der Waals surface area contributed by atoms with Gasteiger partial charge in [-0.15, -0.1) is 0 Å². The fourth-order valence-corrected chi connectivity index (χ4v) is 4.16. The van der Waals surface area contributed by atoms with E-state index in [0.717, 1.165) is 5.75 Å². The molecule has 0 radical (unpaired) electrons. The Morgan fingerprint density at radius 2 is 1.62 bits per heavy atom. The average Bonchev–Trinajstić information content (AvgIpc) is 3.02. The third-order valence-electron chi connectivity index (χ3n) is 5.35. The molecule has 0 fully saturated rings. The summed E-state index contributed by atoms with van der Waals surface area (Å²) in [7, 11) is 1.70. The van der Waals surface area contributed by atoms with Crippen LogP contribution in [0.3, 0.4) is 0 Å². The van der Waals surface area contributed by atoms with Gasteiger partial charge in [0.1, 0.15) is 11.5 Å². The first-order valence-electron chi connectivity index (χ1n) is 8.75. The maximum Gasteiger partial charge on any atom is 0.119 e. The summed E-state index contributed by atoms with van der Waals surface area (Å²) in [5.41, 5.74) is 6.28. The van der Waals surface area contributed by atoms with Gasteiger partial charge in [0.2, 0.25) is 0 Å². The minimum atomic E-state index is 0.151. The molecule has 0 aromatic heterocycles. The lowest BCUT2D eigenvalue weighted by Crippen LogP contribution is -2.00. The summed E-state index contributed by atoms with van der Waals surface area (Å²) >= 11 is 0. The first-order valence-corrected chi connectivity index (χ1v) is 8.75. The van der Waals surface area contributed by atoms with Crippen LogP contribution in [-0.2, 0) is 0 Å². The number of aromatic hydroxyl groups is 1. The molecule has 2 heteroatoms. The topological polar surface area (TPSA) is 29.5 Å². The second-order valence-electron chi connectivity index (χ2n) is 6.73. The minimum absolute atomic E-state index is 0.151. The molecule has 0 amide bonds. The monoisotopic (exact) mass is 338 g/mol. The van der Waals surface area contributed by atoms with Gasteiger partial charge in [-0.3, -0.25) is 0 Å². The molecule has 26 heavy (non-hydrogen) atoms. The highest BCUT2D eigenvalue weighted by molar-refractivity contribution is 5.97. The lowest BCUT2D eigenvalue weighted by atomic mass is 9.87. The highest BCUT2D eigenvalue weighted by atomic mass is 16.5. The van der Waals surface area contributed by atoms with E-state index < -0.39 is 0 Å². The number of phenolic OH excluding ortho intramolecular Hbond substituents is 1. The fraction of sp³-hybridized carbons (Fsp3) is 0.0833. The molecule has 126 valence electrons. The van der Waals surface area contributed by atoms with Crippen LogP contribution >= 0.6 is 0 Å². The quantitative estimate of drug-likeness (QED) is 0.446. The molecule has 1 aliphatic rings. The molecule has 0 aliphatic heterocycles. The second-order valence-corrected chi connectivity index (χ2v) is 6.73. The molecule has 1 N–H and O–H groups in total. The summed E-state index contributed by atoms with van der Waals surface area (Å²) < 4.78 is 5.47. The summed E-state index contributed by atoms with van der Waals surface area (Å²) in [6.45, 7) is 0. The number of rotatable bonds is 2. The van der Waals surface area contributed by atoms with Crippen LogP contribution in [0.5, 0.6) is 11.5 Å². The van der Waals surface area contributed by atoms with Crippen LogP contribution in [0.25, 0.3) is 21.9 Å². The predicted molar refractivity (Wildman–Crippen MR) is 105 cm³/mol. The number of methoxy groups -OCH3 is 1. The van der Waals surface area contributed by atoms with E-state index >= 15 is 0 Å². The van der Waals surface area contributed by atoms with Gasteiger partial charge in [-0.05, 0) is 62.9 Å². The van der Waals surface area contributed by atoms with E-state index in [1.165, 1.54) is 38.6 Å². The van der Waals surface area contributed by atoms with Gasteiger partial charge in [-0.2, -0.15) is 0 Å². The molecule has 0 spiro atoms. The summed E-state index contributed by atoms with van der Waals surface area (Å²) in [4.78, 5) is 0. The highest BCUT2D eigenvalue weighted by Gasteiger charge is 2.31. The Balaban J connectivity index is 1.85. The van der Waals surface area contributed by atoms with E-state index in [2.05, 4.69) is 48.5 Å². The number of hydrogen-bond donors (Lipinski definition) is 1. The van der Waals surface area contributed by atoms with Crippen LogP contribution in [0, 0.1) is 0 Å². The lowest BCUT2D eigenvalue weighted by molar-refractivity contribution is 0.415. The van der Waals surface area contributed by atoms with Gasteiger partial charge < -0.3 is 9.84 Å². The number of fused-ring (bicyclic) bond motifs is 5. The van der Waals surface area contributed by atoms with E-state index in [-0.39, 0.29) is 5.92 Å². The van der Waals surface area contributed by atoms with Crippen molar-refractivity contribution in [3.63, 3.8) is 0 Å². The van der Waals surface area contributed by atoms with Gasteiger partial charge in [0.25, 0.3) is 0 Å². The van der Waals surface area contributed by atoms with Gasteiger partial charge in [0.15, 0.2) is 0 Å². The van der Waals surface area contributed by atoms with Gasteiger partial charge in [0, 0.05) is 5.92 Å². The largest absolute Gasteiger partial charge is 0.508 e. The zero-order valence-corrected chi connectivity index (χ0v) is 14.4. The Bertz CT molecular complexity index is 1130. The van der Waals surface area contributed by atoms with Crippen LogP contribution in [-0.4, -0.2) is 12.2 Å². The van der Waals surface area contributed by atoms with Crippen molar-refractivity contribution in [3.05, 3.63) is 95.6 Å². The smallest absolute Gasteiger partial charge is 0.119 e. The van der Waals surface area contributed by atoms with Crippen LogP contribution in [0.1, 0.15) is 22.6 Å². The molecule has 1 aliphatic carbocycles. The van der Waals surface area contributed by atoms with Crippen LogP contribution in [0.4, 0.5) is 0 Å². The van der Waals surface area contributed by atoms with Crippen molar-refractivity contribution in [3.8, 4) is 22.6 Å². The number of benzene rings is 4. The maximum atomic E-state index is 9.71. The highest BCUT2D eigenvalue weighted by Crippen LogP contribution is 2.51. The fourth-order valence-electron chi connectivity index (χ4n) is 4.16. The molecule has 1 atom stereocenters. The zero-order chi connectivity index (χ0) is 17.7. The Hall–Kier alpha value is -3.26. The molecule has 0 saturated heterocycles. The summed E-state index contributed by atoms with van der Waals surface area (Å²) in [5, 5.41) is 12.2. The Kier molecular flexibility index (Phi) is 3.26. The Labute approximate surface area is 152 Å². The summed E-state index contributed by atoms with van der Waals surface area (Å²) in [5.74, 6) is 1.31. The number of ether oxygens (including phenoxy) is 1. The summed E-state index contributed by atoms with van der Waals surface area (Å²) in [6, 6.07) is 26.8. The van der Waals surface area contributed by atoms with Crippen molar-refractivity contribution in [2.75, 3.05) is 7.11 Å². The molecule has 0 saturated carbocycles. The van der Waals surface area contributed by atoms with E-state index in [9.17, 15) is 5.11 Å². The van der Waals surface area contributed by atoms with Gasteiger partial charge in [-0.25, -0.2) is 0 Å². The average molecular weight is 338 g/mol. The first kappa shape index (κ1) is 15.0. The number of phenols is 1. The molecule has 0 bridgehead atoms. The van der Waals surface area contributed by atoms with Crippen molar-refractivity contribution in [2.45, 2.75) is 5.92 Å². The number of hydrogen-bond acceptors (Lipinski definition) is 2. The summed E-state index contributed by atoms with van der Waals surface area (Å²) in [6.07, 6.45) is 0. The van der Waals surface area contributed by atoms with E-state index in [4.69, 9.17) is 4.74 Å². The standard InChI is InChI=1S/C24H18O2/c1-26-18-11-13-20-22(14-18)21-12-8-15-4-2-3-5-19(15)24(21)23(20)16-6-9-17(25)10-7-16/h2-14,23,25H,1H3. The molecular formula is C24H18O2. The SMILES string of the molecule is COc1ccc2c(c1)-c1ccc3ccccc3c1C2c1ccc(O)cc1. The van der Waals surface area contributed by atoms with Crippen molar-refractivity contribution >= 4 is 10.8 Å². The molecule has 2 nitrogen and oxygen atoms in total. The van der Waals surface area contributed by atoms with Gasteiger partial charge in [-0.1, -0.05) is 54.6 Å². The molecule has 4 aromatic rings. The van der Waals surface area contributed by atoms with Crippen molar-refractivity contribution < 1.29 is 9.84 Å². The second kappa shape index (κ2) is 5.63. The zero-order valence-electron chi connectivity index (χ0n) is 14.4. The molecule has 0 heterocycles. The first-order chi connectivity index (χ1) is 12.8. The molecular weight excluding hydrogens is 320 g/mol. The minimum Gasteiger partial charge on any atom is -0.508 e. The normalized spacial score (nSPS) is 14.9. The third-order valence-corrected chi connectivity index (χ3v) is 5.35. The van der Waals surface area contributed by atoms with E-state index in [1.807, 2.05) is 18.2 Å². The predicted octanol–water partition coefficient (Wildman–Crippen LogP) is 5.71. The third kappa shape index (κ3) is 2.12. The molecule has 5 rings (SSSR count). The van der Waals surface area contributed by atoms with Crippen molar-refractivity contribution in [1.29, 1.82) is 0 Å². The Morgan fingerprint density at radius 1 is 0.808 bits per heavy atom. The van der Waals surface area contributed by atoms with E-state index in [0.29, 0.717) is 5.75 Å². The Morgan fingerprint density at radius 3 is 2.42 bits per heavy atom. The molecule has 4 aromatic carbocycles.